The van der Waals surface area contributed by atoms with Crippen LogP contribution in [0, 0.1) is 5.92 Å². The quantitative estimate of drug-likeness (QED) is 0.633. The van der Waals surface area contributed by atoms with E-state index in [-0.39, 0.29) is 11.9 Å². The average Bonchev–Trinajstić information content (AvgIpc) is 2.19. The number of carbonyl (C=O) groups is 1. The lowest BCUT2D eigenvalue weighted by atomic mass is 9.79. The fraction of sp³-hybridized carbons (Fsp3) is 0.909. The fourth-order valence-electron chi connectivity index (χ4n) is 1.92. The Morgan fingerprint density at radius 3 is 2.60 bits per heavy atom. The van der Waals surface area contributed by atoms with E-state index in [1.165, 1.54) is 0 Å². The number of hydrogen-bond acceptors (Lipinski definition) is 3. The number of carbonyl (C=O) groups excluding carboxylic acids is 1. The Balaban J connectivity index is 2.34. The minimum atomic E-state index is -0.643. The smallest absolute Gasteiger partial charge is 0.234 e. The van der Waals surface area contributed by atoms with Crippen molar-refractivity contribution in [1.29, 1.82) is 0 Å². The standard InChI is InChI=1S/C11H22N2O2/c1-8-3-5-11(15,6-4-8)7-13-9(2)10(12)14/h8-9,13,15H,3-7H2,1-2H3,(H2,12,14). The first-order chi connectivity index (χ1) is 6.93. The maximum Gasteiger partial charge on any atom is 0.234 e. The SMILES string of the molecule is CC1CCC(O)(CNC(C)C(N)=O)CC1. The topological polar surface area (TPSA) is 75.3 Å². The summed E-state index contributed by atoms with van der Waals surface area (Å²) in [7, 11) is 0. The van der Waals surface area contributed by atoms with Crippen molar-refractivity contribution in [1.82, 2.24) is 5.32 Å². The first-order valence-electron chi connectivity index (χ1n) is 5.68. The van der Waals surface area contributed by atoms with Crippen molar-refractivity contribution >= 4 is 5.91 Å². The normalized spacial score (nSPS) is 33.7. The number of aliphatic hydroxyl groups is 1. The Labute approximate surface area is 91.2 Å². The number of primary amides is 1. The second-order valence-electron chi connectivity index (χ2n) is 4.91. The van der Waals surface area contributed by atoms with Gasteiger partial charge >= 0.3 is 0 Å². The highest BCUT2D eigenvalue weighted by atomic mass is 16.3. The molecule has 1 saturated carbocycles. The van der Waals surface area contributed by atoms with Gasteiger partial charge in [-0.25, -0.2) is 0 Å². The molecule has 1 aliphatic rings. The second-order valence-corrected chi connectivity index (χ2v) is 4.91. The summed E-state index contributed by atoms with van der Waals surface area (Å²) in [5, 5.41) is 13.2. The molecule has 0 radical (unpaired) electrons. The third kappa shape index (κ3) is 3.80. The minimum absolute atomic E-state index is 0.367. The van der Waals surface area contributed by atoms with Crippen molar-refractivity contribution in [3.63, 3.8) is 0 Å². The number of nitrogens with one attached hydrogen (secondary N) is 1. The Bertz CT molecular complexity index is 223. The molecule has 0 saturated heterocycles. The van der Waals surface area contributed by atoms with E-state index in [9.17, 15) is 9.90 Å². The summed E-state index contributed by atoms with van der Waals surface area (Å²) in [6.45, 7) is 4.39. The first kappa shape index (κ1) is 12.5. The molecule has 1 rings (SSSR count). The third-order valence-electron chi connectivity index (χ3n) is 3.37. The summed E-state index contributed by atoms with van der Waals surface area (Å²) in [5.74, 6) is 0.335. The zero-order chi connectivity index (χ0) is 11.5. The molecular formula is C11H22N2O2. The predicted octanol–water partition coefficient (Wildman–Crippen LogP) is 0.391. The molecule has 1 fully saturated rings. The van der Waals surface area contributed by atoms with Gasteiger partial charge in [0.15, 0.2) is 0 Å². The summed E-state index contributed by atoms with van der Waals surface area (Å²) in [6, 6.07) is -0.367. The van der Waals surface area contributed by atoms with Crippen molar-refractivity contribution in [2.24, 2.45) is 11.7 Å². The highest BCUT2D eigenvalue weighted by Crippen LogP contribution is 2.31. The number of nitrogens with two attached hydrogens (primary N) is 1. The van der Waals surface area contributed by atoms with Gasteiger partial charge in [0.25, 0.3) is 0 Å². The number of hydrogen-bond donors (Lipinski definition) is 3. The van der Waals surface area contributed by atoms with E-state index >= 15 is 0 Å². The molecule has 1 unspecified atom stereocenters. The summed E-state index contributed by atoms with van der Waals surface area (Å²) in [4.78, 5) is 10.8. The molecule has 88 valence electrons. The van der Waals surface area contributed by atoms with Gasteiger partial charge in [-0.15, -0.1) is 0 Å². The van der Waals surface area contributed by atoms with Crippen LogP contribution in [0.25, 0.3) is 0 Å². The van der Waals surface area contributed by atoms with E-state index in [1.54, 1.807) is 6.92 Å². The molecule has 0 aromatic carbocycles. The van der Waals surface area contributed by atoms with Gasteiger partial charge in [-0.2, -0.15) is 0 Å². The molecule has 0 bridgehead atoms. The van der Waals surface area contributed by atoms with Crippen LogP contribution in [0.15, 0.2) is 0 Å². The molecule has 0 aromatic heterocycles. The molecule has 1 amide bonds. The van der Waals surface area contributed by atoms with Crippen LogP contribution in [0.3, 0.4) is 0 Å². The van der Waals surface area contributed by atoms with Crippen LogP contribution in [0.1, 0.15) is 39.5 Å². The average molecular weight is 214 g/mol. The second kappa shape index (κ2) is 4.94. The Kier molecular flexibility index (Phi) is 4.11. The maximum absolute atomic E-state index is 10.8. The Morgan fingerprint density at radius 2 is 2.13 bits per heavy atom. The van der Waals surface area contributed by atoms with Gasteiger partial charge in [-0.05, 0) is 38.5 Å². The zero-order valence-corrected chi connectivity index (χ0v) is 9.62. The Morgan fingerprint density at radius 1 is 1.60 bits per heavy atom. The van der Waals surface area contributed by atoms with Crippen molar-refractivity contribution in [3.05, 3.63) is 0 Å². The molecule has 15 heavy (non-hydrogen) atoms. The monoisotopic (exact) mass is 214 g/mol. The van der Waals surface area contributed by atoms with Crippen LogP contribution in [-0.2, 0) is 4.79 Å². The van der Waals surface area contributed by atoms with Crippen LogP contribution in [0.4, 0.5) is 0 Å². The van der Waals surface area contributed by atoms with Gasteiger partial charge in [-0.3, -0.25) is 4.79 Å². The molecule has 0 heterocycles. The van der Waals surface area contributed by atoms with E-state index in [0.717, 1.165) is 25.7 Å². The molecule has 1 atom stereocenters. The van der Waals surface area contributed by atoms with Crippen LogP contribution in [-0.4, -0.2) is 29.2 Å². The van der Waals surface area contributed by atoms with Gasteiger partial charge in [0.1, 0.15) is 0 Å². The number of amides is 1. The van der Waals surface area contributed by atoms with E-state index < -0.39 is 5.60 Å². The van der Waals surface area contributed by atoms with Crippen LogP contribution >= 0.6 is 0 Å². The summed E-state index contributed by atoms with van der Waals surface area (Å²) < 4.78 is 0. The minimum Gasteiger partial charge on any atom is -0.389 e. The van der Waals surface area contributed by atoms with E-state index in [4.69, 9.17) is 5.73 Å². The molecule has 4 N–H and O–H groups in total. The summed E-state index contributed by atoms with van der Waals surface area (Å²) in [6.07, 6.45) is 3.74. The van der Waals surface area contributed by atoms with Crippen molar-refractivity contribution in [3.8, 4) is 0 Å². The lowest BCUT2D eigenvalue weighted by molar-refractivity contribution is -0.120. The highest BCUT2D eigenvalue weighted by molar-refractivity contribution is 5.79. The van der Waals surface area contributed by atoms with Crippen LogP contribution in [0.2, 0.25) is 0 Å². The molecule has 0 spiro atoms. The van der Waals surface area contributed by atoms with Crippen LogP contribution in [0.5, 0.6) is 0 Å². The summed E-state index contributed by atoms with van der Waals surface area (Å²) >= 11 is 0. The van der Waals surface area contributed by atoms with Crippen molar-refractivity contribution in [2.75, 3.05) is 6.54 Å². The third-order valence-corrected chi connectivity index (χ3v) is 3.37. The predicted molar refractivity (Wildman–Crippen MR) is 59.2 cm³/mol. The largest absolute Gasteiger partial charge is 0.389 e. The lowest BCUT2D eigenvalue weighted by Crippen LogP contribution is -2.49. The zero-order valence-electron chi connectivity index (χ0n) is 9.62. The van der Waals surface area contributed by atoms with Crippen LogP contribution < -0.4 is 11.1 Å². The summed E-state index contributed by atoms with van der Waals surface area (Å²) in [5.41, 5.74) is 4.49. The molecule has 4 heteroatoms. The fourth-order valence-corrected chi connectivity index (χ4v) is 1.92. The molecular weight excluding hydrogens is 192 g/mol. The maximum atomic E-state index is 10.8. The molecule has 4 nitrogen and oxygen atoms in total. The van der Waals surface area contributed by atoms with Gasteiger partial charge in [0.05, 0.1) is 11.6 Å². The van der Waals surface area contributed by atoms with Crippen molar-refractivity contribution < 1.29 is 9.90 Å². The molecule has 0 aliphatic heterocycles. The molecule has 0 aromatic rings. The van der Waals surface area contributed by atoms with Crippen molar-refractivity contribution in [2.45, 2.75) is 51.2 Å². The molecule has 1 aliphatic carbocycles. The first-order valence-corrected chi connectivity index (χ1v) is 5.68. The van der Waals surface area contributed by atoms with E-state index in [0.29, 0.717) is 12.5 Å². The van der Waals surface area contributed by atoms with Gasteiger partial charge in [-0.1, -0.05) is 6.92 Å². The van der Waals surface area contributed by atoms with Gasteiger partial charge < -0.3 is 16.2 Å². The lowest BCUT2D eigenvalue weighted by Gasteiger charge is -2.35. The number of rotatable bonds is 4. The Hall–Kier alpha value is -0.610. The van der Waals surface area contributed by atoms with E-state index in [2.05, 4.69) is 12.2 Å². The van der Waals surface area contributed by atoms with Gasteiger partial charge in [0.2, 0.25) is 5.91 Å². The van der Waals surface area contributed by atoms with Gasteiger partial charge in [0, 0.05) is 6.54 Å². The van der Waals surface area contributed by atoms with E-state index in [1.807, 2.05) is 0 Å². The highest BCUT2D eigenvalue weighted by Gasteiger charge is 2.31.